The van der Waals surface area contributed by atoms with Crippen LogP contribution < -0.4 is 4.74 Å². The third kappa shape index (κ3) is 4.63. The molecule has 0 radical (unpaired) electrons. The first kappa shape index (κ1) is 20.7. The summed E-state index contributed by atoms with van der Waals surface area (Å²) in [5.74, 6) is -0.802. The van der Waals surface area contributed by atoms with Crippen LogP contribution in [0.2, 0.25) is 0 Å². The highest BCUT2D eigenvalue weighted by molar-refractivity contribution is 5.96. The summed E-state index contributed by atoms with van der Waals surface area (Å²) in [5.41, 5.74) is 2.28. The molecule has 1 heterocycles. The van der Waals surface area contributed by atoms with E-state index in [0.717, 1.165) is 24.3 Å². The topological polar surface area (TPSA) is 46.6 Å². The molecule has 0 spiro atoms. The van der Waals surface area contributed by atoms with E-state index in [1.165, 1.54) is 12.1 Å². The van der Waals surface area contributed by atoms with Gasteiger partial charge in [-0.15, -0.1) is 0 Å². The van der Waals surface area contributed by atoms with Crippen molar-refractivity contribution in [1.29, 1.82) is 0 Å². The highest BCUT2D eigenvalue weighted by atomic mass is 19.1. The molecular formula is C25H21F2NO3. The third-order valence-corrected chi connectivity index (χ3v) is 5.39. The maximum absolute atomic E-state index is 13.9. The largest absolute Gasteiger partial charge is 0.489 e. The maximum atomic E-state index is 13.9. The van der Waals surface area contributed by atoms with E-state index in [-0.39, 0.29) is 18.6 Å². The zero-order valence-electron chi connectivity index (χ0n) is 16.8. The lowest BCUT2D eigenvalue weighted by Gasteiger charge is -2.20. The standard InChI is InChI=1S/C25H21F2NO3/c26-20-8-11-23(24(27)14-20)18-6-9-22(10-7-18)31-16-17-3-1-4-19(13-17)25(30)28-12-2-5-21(28)15-29/h1,3-4,6-11,13-15,21H,2,5,12,16H2/t21-/m0/s1. The molecule has 1 saturated heterocycles. The van der Waals surface area contributed by atoms with Crippen LogP contribution in [0.1, 0.15) is 28.8 Å². The van der Waals surface area contributed by atoms with E-state index in [4.69, 9.17) is 4.74 Å². The Hall–Kier alpha value is -3.54. The second-order valence-corrected chi connectivity index (χ2v) is 7.48. The predicted octanol–water partition coefficient (Wildman–Crippen LogP) is 5.01. The number of benzene rings is 3. The Morgan fingerprint density at radius 3 is 2.61 bits per heavy atom. The highest BCUT2D eigenvalue weighted by Crippen LogP contribution is 2.26. The summed E-state index contributed by atoms with van der Waals surface area (Å²) in [6, 6.07) is 17.1. The van der Waals surface area contributed by atoms with Crippen LogP contribution in [0.25, 0.3) is 11.1 Å². The first-order valence-electron chi connectivity index (χ1n) is 10.1. The lowest BCUT2D eigenvalue weighted by Crippen LogP contribution is -2.36. The van der Waals surface area contributed by atoms with Crippen molar-refractivity contribution in [1.82, 2.24) is 4.90 Å². The quantitative estimate of drug-likeness (QED) is 0.526. The Labute approximate surface area is 179 Å². The van der Waals surface area contributed by atoms with Crippen LogP contribution in [-0.2, 0) is 11.4 Å². The van der Waals surface area contributed by atoms with Gasteiger partial charge in [-0.25, -0.2) is 8.78 Å². The zero-order valence-corrected chi connectivity index (χ0v) is 16.8. The molecule has 1 atom stereocenters. The molecule has 1 aliphatic rings. The minimum absolute atomic E-state index is 0.151. The van der Waals surface area contributed by atoms with Gasteiger partial charge in [0.15, 0.2) is 0 Å². The van der Waals surface area contributed by atoms with Gasteiger partial charge in [-0.2, -0.15) is 0 Å². The van der Waals surface area contributed by atoms with Crippen molar-refractivity contribution < 1.29 is 23.1 Å². The van der Waals surface area contributed by atoms with Crippen molar-refractivity contribution in [3.05, 3.63) is 89.5 Å². The lowest BCUT2D eigenvalue weighted by molar-refractivity contribution is -0.111. The summed E-state index contributed by atoms with van der Waals surface area (Å²) in [4.78, 5) is 25.5. The van der Waals surface area contributed by atoms with E-state index in [2.05, 4.69) is 0 Å². The monoisotopic (exact) mass is 421 g/mol. The molecule has 0 aromatic heterocycles. The van der Waals surface area contributed by atoms with Crippen molar-refractivity contribution in [2.24, 2.45) is 0 Å². The van der Waals surface area contributed by atoms with Crippen molar-refractivity contribution in [2.75, 3.05) is 6.54 Å². The average Bonchev–Trinajstić information content (AvgIpc) is 3.27. The van der Waals surface area contributed by atoms with Crippen molar-refractivity contribution in [3.63, 3.8) is 0 Å². The number of hydrogen-bond donors (Lipinski definition) is 0. The summed E-state index contributed by atoms with van der Waals surface area (Å²) in [7, 11) is 0. The number of carbonyl (C=O) groups excluding carboxylic acids is 2. The highest BCUT2D eigenvalue weighted by Gasteiger charge is 2.28. The number of likely N-dealkylation sites (tertiary alicyclic amines) is 1. The van der Waals surface area contributed by atoms with Gasteiger partial charge in [0.05, 0.1) is 6.04 Å². The Balaban J connectivity index is 1.42. The lowest BCUT2D eigenvalue weighted by atomic mass is 10.1. The molecule has 0 bridgehead atoms. The van der Waals surface area contributed by atoms with E-state index in [0.29, 0.717) is 35.4 Å². The fraction of sp³-hybridized carbons (Fsp3) is 0.200. The molecule has 4 rings (SSSR count). The van der Waals surface area contributed by atoms with Crippen molar-refractivity contribution in [3.8, 4) is 16.9 Å². The van der Waals surface area contributed by atoms with Gasteiger partial charge in [0.2, 0.25) is 0 Å². The number of halogens is 2. The van der Waals surface area contributed by atoms with Crippen LogP contribution >= 0.6 is 0 Å². The van der Waals surface area contributed by atoms with Gasteiger partial charge in [0.25, 0.3) is 5.91 Å². The smallest absolute Gasteiger partial charge is 0.254 e. The minimum Gasteiger partial charge on any atom is -0.489 e. The molecular weight excluding hydrogens is 400 g/mol. The van der Waals surface area contributed by atoms with Gasteiger partial charge in [-0.3, -0.25) is 4.79 Å². The minimum atomic E-state index is -0.620. The Morgan fingerprint density at radius 2 is 1.87 bits per heavy atom. The van der Waals surface area contributed by atoms with Crippen LogP contribution in [0.3, 0.4) is 0 Å². The number of rotatable bonds is 6. The predicted molar refractivity (Wildman–Crippen MR) is 113 cm³/mol. The fourth-order valence-electron chi connectivity index (χ4n) is 3.77. The number of carbonyl (C=O) groups is 2. The molecule has 1 amide bonds. The maximum Gasteiger partial charge on any atom is 0.254 e. The molecule has 3 aromatic rings. The molecule has 0 unspecified atom stereocenters. The van der Waals surface area contributed by atoms with Gasteiger partial charge in [0, 0.05) is 23.7 Å². The van der Waals surface area contributed by atoms with Gasteiger partial charge in [-0.05, 0) is 60.4 Å². The van der Waals surface area contributed by atoms with Gasteiger partial charge >= 0.3 is 0 Å². The molecule has 31 heavy (non-hydrogen) atoms. The van der Waals surface area contributed by atoms with Crippen LogP contribution in [0.15, 0.2) is 66.7 Å². The summed E-state index contributed by atoms with van der Waals surface area (Å²) < 4.78 is 32.8. The number of aldehydes is 1. The Morgan fingerprint density at radius 1 is 1.06 bits per heavy atom. The molecule has 0 saturated carbocycles. The molecule has 6 heteroatoms. The number of amides is 1. The van der Waals surface area contributed by atoms with E-state index in [9.17, 15) is 18.4 Å². The summed E-state index contributed by atoms with van der Waals surface area (Å²) in [6.07, 6.45) is 2.37. The molecule has 0 N–H and O–H groups in total. The van der Waals surface area contributed by atoms with Crippen molar-refractivity contribution in [2.45, 2.75) is 25.5 Å². The number of nitrogens with zero attached hydrogens (tertiary/aromatic N) is 1. The second-order valence-electron chi connectivity index (χ2n) is 7.48. The molecule has 4 nitrogen and oxygen atoms in total. The van der Waals surface area contributed by atoms with Crippen LogP contribution in [0, 0.1) is 11.6 Å². The number of hydrogen-bond acceptors (Lipinski definition) is 3. The molecule has 1 fully saturated rings. The van der Waals surface area contributed by atoms with E-state index < -0.39 is 11.6 Å². The van der Waals surface area contributed by atoms with Crippen LogP contribution in [-0.4, -0.2) is 29.7 Å². The molecule has 1 aliphatic heterocycles. The molecule has 0 aliphatic carbocycles. The Kier molecular flexibility index (Phi) is 6.07. The Bertz CT molecular complexity index is 1100. The molecule has 3 aromatic carbocycles. The van der Waals surface area contributed by atoms with Crippen molar-refractivity contribution >= 4 is 12.2 Å². The van der Waals surface area contributed by atoms with Crippen LogP contribution in [0.4, 0.5) is 8.78 Å². The van der Waals surface area contributed by atoms with E-state index in [1.807, 2.05) is 6.07 Å². The summed E-state index contributed by atoms with van der Waals surface area (Å²) in [5, 5.41) is 0. The van der Waals surface area contributed by atoms with Crippen LogP contribution in [0.5, 0.6) is 5.75 Å². The first-order chi connectivity index (χ1) is 15.0. The van der Waals surface area contributed by atoms with E-state index in [1.54, 1.807) is 47.4 Å². The third-order valence-electron chi connectivity index (χ3n) is 5.39. The van der Waals surface area contributed by atoms with Gasteiger partial charge in [0.1, 0.15) is 30.3 Å². The van der Waals surface area contributed by atoms with E-state index >= 15 is 0 Å². The van der Waals surface area contributed by atoms with Gasteiger partial charge in [-0.1, -0.05) is 24.3 Å². The first-order valence-corrected chi connectivity index (χ1v) is 10.1. The average molecular weight is 421 g/mol. The number of ether oxygens (including phenoxy) is 1. The fourth-order valence-corrected chi connectivity index (χ4v) is 3.77. The van der Waals surface area contributed by atoms with Gasteiger partial charge < -0.3 is 14.4 Å². The molecule has 158 valence electrons. The second kappa shape index (κ2) is 9.08. The SMILES string of the molecule is O=C[C@@H]1CCCN1C(=O)c1cccc(COc2ccc(-c3ccc(F)cc3F)cc2)c1. The summed E-state index contributed by atoms with van der Waals surface area (Å²) >= 11 is 0. The zero-order chi connectivity index (χ0) is 21.8. The normalized spacial score (nSPS) is 15.7. The summed E-state index contributed by atoms with van der Waals surface area (Å²) in [6.45, 7) is 0.840.